The van der Waals surface area contributed by atoms with Crippen LogP contribution in [0, 0.1) is 0 Å². The summed E-state index contributed by atoms with van der Waals surface area (Å²) in [6.07, 6.45) is 0. The molecule has 0 spiro atoms. The largest absolute Gasteiger partial charge is 0.0622 e. The molecular formula is C38H26. The predicted octanol–water partition coefficient (Wildman–Crippen LogP) is 10.7. The van der Waals surface area contributed by atoms with Gasteiger partial charge in [0.15, 0.2) is 0 Å². The third kappa shape index (κ3) is 3.70. The van der Waals surface area contributed by atoms with Crippen LogP contribution in [0.5, 0.6) is 0 Å². The molecule has 0 N–H and O–H groups in total. The van der Waals surface area contributed by atoms with Gasteiger partial charge >= 0.3 is 0 Å². The Bertz CT molecular complexity index is 1870. The number of hydrogen-bond acceptors (Lipinski definition) is 0. The molecule has 0 aliphatic heterocycles. The summed E-state index contributed by atoms with van der Waals surface area (Å²) in [5.74, 6) is 0. The van der Waals surface area contributed by atoms with Gasteiger partial charge in [-0.3, -0.25) is 0 Å². The van der Waals surface area contributed by atoms with E-state index in [0.717, 1.165) is 0 Å². The lowest BCUT2D eigenvalue weighted by molar-refractivity contribution is 1.60. The average Bonchev–Trinajstić information content (AvgIpc) is 3.01. The Balaban J connectivity index is 1.77. The first kappa shape index (κ1) is 22.3. The van der Waals surface area contributed by atoms with Crippen LogP contribution in [0.25, 0.3) is 66.1 Å². The van der Waals surface area contributed by atoms with E-state index in [2.05, 4.69) is 158 Å². The Hall–Kier alpha value is -4.94. The monoisotopic (exact) mass is 482 g/mol. The minimum absolute atomic E-state index is 1.22. The summed E-state index contributed by atoms with van der Waals surface area (Å²) in [5.41, 5.74) is 10.0. The molecule has 0 fully saturated rings. The second-order valence-electron chi connectivity index (χ2n) is 9.67. The maximum atomic E-state index is 2.34. The summed E-state index contributed by atoms with van der Waals surface area (Å²) in [6.45, 7) is 0. The van der Waals surface area contributed by atoms with Crippen molar-refractivity contribution in [3.05, 3.63) is 158 Å². The lowest BCUT2D eigenvalue weighted by Crippen LogP contribution is -1.95. The van der Waals surface area contributed by atoms with Gasteiger partial charge in [0.25, 0.3) is 0 Å². The number of fused-ring (bicyclic) bond motifs is 2. The van der Waals surface area contributed by atoms with E-state index in [9.17, 15) is 0 Å². The molecule has 0 atom stereocenters. The molecule has 178 valence electrons. The van der Waals surface area contributed by atoms with Crippen LogP contribution < -0.4 is 0 Å². The Morgan fingerprint density at radius 3 is 1.16 bits per heavy atom. The molecule has 0 heterocycles. The fraction of sp³-hybridized carbons (Fsp3) is 0. The van der Waals surface area contributed by atoms with Crippen molar-refractivity contribution in [2.75, 3.05) is 0 Å². The summed E-state index contributed by atoms with van der Waals surface area (Å²) in [4.78, 5) is 0. The molecule has 0 amide bonds. The topological polar surface area (TPSA) is 0 Å². The van der Waals surface area contributed by atoms with Gasteiger partial charge in [-0.1, -0.05) is 158 Å². The van der Waals surface area contributed by atoms with E-state index in [1.807, 2.05) is 0 Å². The van der Waals surface area contributed by atoms with Gasteiger partial charge in [-0.15, -0.1) is 0 Å². The summed E-state index contributed by atoms with van der Waals surface area (Å²) in [5, 5.41) is 5.11. The molecule has 0 nitrogen and oxygen atoms in total. The van der Waals surface area contributed by atoms with Crippen LogP contribution in [-0.4, -0.2) is 0 Å². The fourth-order valence-electron chi connectivity index (χ4n) is 5.85. The van der Waals surface area contributed by atoms with Crippen LogP contribution in [0.3, 0.4) is 0 Å². The van der Waals surface area contributed by atoms with Gasteiger partial charge in [0.05, 0.1) is 0 Å². The highest BCUT2D eigenvalue weighted by molar-refractivity contribution is 6.26. The van der Waals surface area contributed by atoms with E-state index in [1.165, 1.54) is 66.1 Å². The maximum absolute atomic E-state index is 2.34. The van der Waals surface area contributed by atoms with Crippen LogP contribution in [0.15, 0.2) is 158 Å². The van der Waals surface area contributed by atoms with Crippen LogP contribution >= 0.6 is 0 Å². The molecule has 0 bridgehead atoms. The van der Waals surface area contributed by atoms with Crippen LogP contribution in [0.1, 0.15) is 0 Å². The third-order valence-corrected chi connectivity index (χ3v) is 7.46. The molecule has 7 aromatic carbocycles. The first-order valence-electron chi connectivity index (χ1n) is 13.1. The lowest BCUT2D eigenvalue weighted by atomic mass is 9.80. The van der Waals surface area contributed by atoms with E-state index in [1.54, 1.807) is 0 Å². The van der Waals surface area contributed by atoms with Crippen molar-refractivity contribution < 1.29 is 0 Å². The first-order valence-corrected chi connectivity index (χ1v) is 13.1. The van der Waals surface area contributed by atoms with E-state index >= 15 is 0 Å². The maximum Gasteiger partial charge on any atom is -0.000786 e. The van der Waals surface area contributed by atoms with Crippen LogP contribution in [0.4, 0.5) is 0 Å². The highest BCUT2D eigenvalue weighted by atomic mass is 14.2. The first-order chi connectivity index (χ1) is 18.9. The Morgan fingerprint density at radius 1 is 0.237 bits per heavy atom. The average molecular weight is 483 g/mol. The molecule has 0 heteroatoms. The highest BCUT2D eigenvalue weighted by Crippen LogP contribution is 2.49. The zero-order valence-corrected chi connectivity index (χ0v) is 21.0. The predicted molar refractivity (Wildman–Crippen MR) is 163 cm³/mol. The molecule has 0 aliphatic rings. The third-order valence-electron chi connectivity index (χ3n) is 7.46. The molecule has 0 radical (unpaired) electrons. The van der Waals surface area contributed by atoms with Crippen LogP contribution in [-0.2, 0) is 0 Å². The van der Waals surface area contributed by atoms with E-state index in [-0.39, 0.29) is 0 Å². The second kappa shape index (κ2) is 9.50. The molecule has 0 saturated carbocycles. The fourth-order valence-corrected chi connectivity index (χ4v) is 5.85. The summed E-state index contributed by atoms with van der Waals surface area (Å²) in [7, 11) is 0. The summed E-state index contributed by atoms with van der Waals surface area (Å²) >= 11 is 0. The zero-order chi connectivity index (χ0) is 25.3. The lowest BCUT2D eigenvalue weighted by Gasteiger charge is -2.22. The molecule has 0 saturated heterocycles. The van der Waals surface area contributed by atoms with E-state index in [0.29, 0.717) is 0 Å². The van der Waals surface area contributed by atoms with Gasteiger partial charge in [-0.2, -0.15) is 0 Å². The quantitative estimate of drug-likeness (QED) is 0.219. The van der Waals surface area contributed by atoms with Gasteiger partial charge < -0.3 is 0 Å². The van der Waals surface area contributed by atoms with E-state index < -0.39 is 0 Å². The van der Waals surface area contributed by atoms with Gasteiger partial charge in [-0.05, 0) is 66.1 Å². The standard InChI is InChI=1S/C38H26/c1-5-15-27(16-6-1)31-25-26-34-35(28-17-7-2-8-18-28)32-23-13-14-24-33(32)37(30-21-11-4-12-22-30)38(34)36(31)29-19-9-3-10-20-29/h1-26H. The van der Waals surface area contributed by atoms with Crippen molar-refractivity contribution in [3.8, 4) is 44.5 Å². The van der Waals surface area contributed by atoms with Crippen LogP contribution in [0.2, 0.25) is 0 Å². The molecule has 7 rings (SSSR count). The number of rotatable bonds is 4. The minimum Gasteiger partial charge on any atom is -0.0622 e. The zero-order valence-electron chi connectivity index (χ0n) is 21.0. The minimum atomic E-state index is 1.22. The van der Waals surface area contributed by atoms with Crippen molar-refractivity contribution >= 4 is 21.5 Å². The summed E-state index contributed by atoms with van der Waals surface area (Å²) < 4.78 is 0. The Morgan fingerprint density at radius 2 is 0.632 bits per heavy atom. The van der Waals surface area contributed by atoms with Gasteiger partial charge in [-0.25, -0.2) is 0 Å². The smallest absolute Gasteiger partial charge is 0.000786 e. The number of benzene rings is 7. The second-order valence-corrected chi connectivity index (χ2v) is 9.67. The summed E-state index contributed by atoms with van der Waals surface area (Å²) in [6, 6.07) is 56.9. The van der Waals surface area contributed by atoms with Crippen molar-refractivity contribution in [1.82, 2.24) is 0 Å². The SMILES string of the molecule is c1ccc(-c2ccc3c(-c4ccccc4)c4ccccc4c(-c4ccccc4)c3c2-c2ccccc2)cc1. The molecule has 38 heavy (non-hydrogen) atoms. The van der Waals surface area contributed by atoms with Crippen molar-refractivity contribution in [2.45, 2.75) is 0 Å². The molecule has 0 aliphatic carbocycles. The Labute approximate surface area is 223 Å². The molecule has 0 aromatic heterocycles. The van der Waals surface area contributed by atoms with E-state index in [4.69, 9.17) is 0 Å². The normalized spacial score (nSPS) is 11.2. The Kier molecular flexibility index (Phi) is 5.57. The van der Waals surface area contributed by atoms with Gasteiger partial charge in [0.1, 0.15) is 0 Å². The molecule has 0 unspecified atom stereocenters. The highest BCUT2D eigenvalue weighted by Gasteiger charge is 2.22. The van der Waals surface area contributed by atoms with Gasteiger partial charge in [0.2, 0.25) is 0 Å². The van der Waals surface area contributed by atoms with Crippen molar-refractivity contribution in [3.63, 3.8) is 0 Å². The molecular weight excluding hydrogens is 456 g/mol. The van der Waals surface area contributed by atoms with Crippen molar-refractivity contribution in [2.24, 2.45) is 0 Å². The van der Waals surface area contributed by atoms with Crippen molar-refractivity contribution in [1.29, 1.82) is 0 Å². The molecule has 7 aromatic rings. The number of hydrogen-bond donors (Lipinski definition) is 0. The van der Waals surface area contributed by atoms with Gasteiger partial charge in [0, 0.05) is 0 Å².